The van der Waals surface area contributed by atoms with E-state index in [0.717, 1.165) is 17.1 Å². The second kappa shape index (κ2) is 7.38. The van der Waals surface area contributed by atoms with Gasteiger partial charge in [-0.1, -0.05) is 36.4 Å². The molecule has 0 amide bonds. The van der Waals surface area contributed by atoms with Gasteiger partial charge in [0.2, 0.25) is 0 Å². The smallest absolute Gasteiger partial charge is 0.185 e. The summed E-state index contributed by atoms with van der Waals surface area (Å²) in [4.78, 5) is 12.0. The molecule has 0 spiro atoms. The SMILES string of the molecule is O=C(/C=C/c1ccc(Oc2ccccc2)cc1)c1ccc(F)cc1. The summed E-state index contributed by atoms with van der Waals surface area (Å²) in [6, 6.07) is 22.4. The largest absolute Gasteiger partial charge is 0.457 e. The molecule has 3 aromatic carbocycles. The Kier molecular flexibility index (Phi) is 4.82. The van der Waals surface area contributed by atoms with Crippen molar-refractivity contribution in [2.24, 2.45) is 0 Å². The van der Waals surface area contributed by atoms with Gasteiger partial charge in [0.05, 0.1) is 0 Å². The van der Waals surface area contributed by atoms with Crippen molar-refractivity contribution in [2.75, 3.05) is 0 Å². The molecule has 0 saturated heterocycles. The lowest BCUT2D eigenvalue weighted by Gasteiger charge is -2.05. The summed E-state index contributed by atoms with van der Waals surface area (Å²) in [6.45, 7) is 0. The minimum Gasteiger partial charge on any atom is -0.457 e. The molecule has 0 aliphatic carbocycles. The van der Waals surface area contributed by atoms with Gasteiger partial charge < -0.3 is 4.74 Å². The van der Waals surface area contributed by atoms with Crippen LogP contribution in [0.3, 0.4) is 0 Å². The molecule has 0 N–H and O–H groups in total. The van der Waals surface area contributed by atoms with E-state index in [1.165, 1.54) is 30.3 Å². The zero-order chi connectivity index (χ0) is 16.8. The van der Waals surface area contributed by atoms with Crippen LogP contribution in [-0.4, -0.2) is 5.78 Å². The Hall–Kier alpha value is -3.20. The van der Waals surface area contributed by atoms with Crippen molar-refractivity contribution in [3.05, 3.63) is 102 Å². The molecule has 0 atom stereocenters. The van der Waals surface area contributed by atoms with Crippen LogP contribution in [0.4, 0.5) is 4.39 Å². The first-order valence-corrected chi connectivity index (χ1v) is 7.52. The van der Waals surface area contributed by atoms with Crippen LogP contribution in [0.5, 0.6) is 11.5 Å². The number of rotatable bonds is 5. The third kappa shape index (κ3) is 4.17. The molecule has 24 heavy (non-hydrogen) atoms. The predicted molar refractivity (Wildman–Crippen MR) is 92.7 cm³/mol. The van der Waals surface area contributed by atoms with E-state index in [1.54, 1.807) is 6.08 Å². The molecule has 3 aromatic rings. The highest BCUT2D eigenvalue weighted by Gasteiger charge is 2.02. The number of allylic oxidation sites excluding steroid dienone is 1. The molecule has 0 fully saturated rings. The number of ether oxygens (including phenoxy) is 1. The van der Waals surface area contributed by atoms with E-state index >= 15 is 0 Å². The maximum Gasteiger partial charge on any atom is 0.185 e. The fourth-order valence-corrected chi connectivity index (χ4v) is 2.15. The molecule has 0 unspecified atom stereocenters. The number of hydrogen-bond acceptors (Lipinski definition) is 2. The molecule has 118 valence electrons. The van der Waals surface area contributed by atoms with E-state index in [0.29, 0.717) is 5.56 Å². The number of carbonyl (C=O) groups is 1. The second-order valence-corrected chi connectivity index (χ2v) is 5.19. The topological polar surface area (TPSA) is 26.3 Å². The van der Waals surface area contributed by atoms with Crippen LogP contribution in [0.1, 0.15) is 15.9 Å². The molecule has 0 saturated carbocycles. The van der Waals surface area contributed by atoms with E-state index in [9.17, 15) is 9.18 Å². The molecule has 3 heteroatoms. The second-order valence-electron chi connectivity index (χ2n) is 5.19. The van der Waals surface area contributed by atoms with Crippen LogP contribution in [0.25, 0.3) is 6.08 Å². The Morgan fingerprint density at radius 3 is 2.08 bits per heavy atom. The van der Waals surface area contributed by atoms with Crippen LogP contribution in [0.15, 0.2) is 84.9 Å². The van der Waals surface area contributed by atoms with Gasteiger partial charge in [0.1, 0.15) is 17.3 Å². The minimum absolute atomic E-state index is 0.167. The van der Waals surface area contributed by atoms with Gasteiger partial charge >= 0.3 is 0 Å². The lowest BCUT2D eigenvalue weighted by molar-refractivity contribution is 0.104. The average Bonchev–Trinajstić information content (AvgIpc) is 2.62. The lowest BCUT2D eigenvalue weighted by atomic mass is 10.1. The molecule has 0 bridgehead atoms. The molecular weight excluding hydrogens is 303 g/mol. The summed E-state index contributed by atoms with van der Waals surface area (Å²) < 4.78 is 18.6. The van der Waals surface area contributed by atoms with Crippen molar-refractivity contribution in [3.8, 4) is 11.5 Å². The summed E-state index contributed by atoms with van der Waals surface area (Å²) in [5, 5.41) is 0. The Morgan fingerprint density at radius 2 is 1.42 bits per heavy atom. The molecule has 3 rings (SSSR count). The number of halogens is 1. The Morgan fingerprint density at radius 1 is 0.792 bits per heavy atom. The van der Waals surface area contributed by atoms with Crippen LogP contribution in [0, 0.1) is 5.82 Å². The van der Waals surface area contributed by atoms with Gasteiger partial charge in [-0.15, -0.1) is 0 Å². The van der Waals surface area contributed by atoms with Gasteiger partial charge in [-0.2, -0.15) is 0 Å². The Bertz CT molecular complexity index is 835. The van der Waals surface area contributed by atoms with Gasteiger partial charge in [0.15, 0.2) is 5.78 Å². The van der Waals surface area contributed by atoms with Crippen LogP contribution >= 0.6 is 0 Å². The van der Waals surface area contributed by atoms with E-state index in [4.69, 9.17) is 4.74 Å². The monoisotopic (exact) mass is 318 g/mol. The van der Waals surface area contributed by atoms with Gasteiger partial charge in [-0.3, -0.25) is 4.79 Å². The van der Waals surface area contributed by atoms with Gasteiger partial charge in [-0.25, -0.2) is 4.39 Å². The van der Waals surface area contributed by atoms with Gasteiger partial charge in [0.25, 0.3) is 0 Å². The molecule has 0 heterocycles. The van der Waals surface area contributed by atoms with E-state index in [-0.39, 0.29) is 11.6 Å². The molecule has 0 aromatic heterocycles. The van der Waals surface area contributed by atoms with Crippen LogP contribution < -0.4 is 4.74 Å². The van der Waals surface area contributed by atoms with Crippen LogP contribution in [-0.2, 0) is 0 Å². The summed E-state index contributed by atoms with van der Waals surface area (Å²) in [7, 11) is 0. The highest BCUT2D eigenvalue weighted by Crippen LogP contribution is 2.21. The average molecular weight is 318 g/mol. The van der Waals surface area contributed by atoms with Crippen molar-refractivity contribution in [1.29, 1.82) is 0 Å². The number of hydrogen-bond donors (Lipinski definition) is 0. The molecular formula is C21H15FO2. The maximum atomic E-state index is 12.9. The normalized spacial score (nSPS) is 10.7. The van der Waals surface area contributed by atoms with Crippen molar-refractivity contribution < 1.29 is 13.9 Å². The van der Waals surface area contributed by atoms with Gasteiger partial charge in [-0.05, 0) is 60.2 Å². The van der Waals surface area contributed by atoms with E-state index in [1.807, 2.05) is 54.6 Å². The number of para-hydroxylation sites is 1. The number of benzene rings is 3. The molecule has 0 aliphatic rings. The fraction of sp³-hybridized carbons (Fsp3) is 0. The minimum atomic E-state index is -0.357. The third-order valence-corrected chi connectivity index (χ3v) is 3.41. The highest BCUT2D eigenvalue weighted by molar-refractivity contribution is 6.06. The van der Waals surface area contributed by atoms with Crippen molar-refractivity contribution >= 4 is 11.9 Å². The zero-order valence-corrected chi connectivity index (χ0v) is 12.9. The Labute approximate surface area is 139 Å². The summed E-state index contributed by atoms with van der Waals surface area (Å²) >= 11 is 0. The van der Waals surface area contributed by atoms with Gasteiger partial charge in [0, 0.05) is 5.56 Å². The quantitative estimate of drug-likeness (QED) is 0.458. The van der Waals surface area contributed by atoms with E-state index < -0.39 is 0 Å². The summed E-state index contributed by atoms with van der Waals surface area (Å²) in [5.41, 5.74) is 1.34. The maximum absolute atomic E-state index is 12.9. The third-order valence-electron chi connectivity index (χ3n) is 3.41. The zero-order valence-electron chi connectivity index (χ0n) is 12.9. The van der Waals surface area contributed by atoms with Crippen molar-refractivity contribution in [3.63, 3.8) is 0 Å². The molecule has 0 aliphatic heterocycles. The molecule has 2 nitrogen and oxygen atoms in total. The molecule has 0 radical (unpaired) electrons. The Balaban J connectivity index is 1.65. The first-order valence-electron chi connectivity index (χ1n) is 7.52. The van der Waals surface area contributed by atoms with E-state index in [2.05, 4.69) is 0 Å². The summed E-state index contributed by atoms with van der Waals surface area (Å²) in [5.74, 6) is 0.972. The fourth-order valence-electron chi connectivity index (χ4n) is 2.15. The number of ketones is 1. The number of carbonyl (C=O) groups excluding carboxylic acids is 1. The first kappa shape index (κ1) is 15.7. The standard InChI is InChI=1S/C21H15FO2/c22-18-11-9-17(10-12-18)21(23)15-8-16-6-13-20(14-7-16)24-19-4-2-1-3-5-19/h1-15H/b15-8+. The first-order chi connectivity index (χ1) is 11.7. The summed E-state index contributed by atoms with van der Waals surface area (Å²) in [6.07, 6.45) is 3.19. The lowest BCUT2D eigenvalue weighted by Crippen LogP contribution is -1.93. The predicted octanol–water partition coefficient (Wildman–Crippen LogP) is 5.51. The van der Waals surface area contributed by atoms with Crippen molar-refractivity contribution in [1.82, 2.24) is 0 Å². The van der Waals surface area contributed by atoms with Crippen LogP contribution in [0.2, 0.25) is 0 Å². The van der Waals surface area contributed by atoms with Crippen molar-refractivity contribution in [2.45, 2.75) is 0 Å². The highest BCUT2D eigenvalue weighted by atomic mass is 19.1.